The first kappa shape index (κ1) is 19.8. The first-order valence-corrected chi connectivity index (χ1v) is 10.00. The van der Waals surface area contributed by atoms with Crippen LogP contribution in [0.2, 0.25) is 5.02 Å². The maximum atomic E-state index is 12.7. The van der Waals surface area contributed by atoms with Crippen LogP contribution in [0.5, 0.6) is 0 Å². The second-order valence-corrected chi connectivity index (χ2v) is 7.39. The number of fused-ring (bicyclic) bond motifs is 1. The van der Waals surface area contributed by atoms with Gasteiger partial charge in [-0.15, -0.1) is 0 Å². The monoisotopic (exact) mass is 413 g/mol. The number of nitrogens with one attached hydrogen (secondary N) is 1. The highest BCUT2D eigenvalue weighted by molar-refractivity contribution is 6.36. The molecule has 5 heteroatoms. The SMILES string of the molecule is Cc1cc(/C=C/c2ccccc2)c2nc(C(=O)NCc3ccccn3)cc(Cl)c2c1. The molecular formula is C25H20ClN3O. The number of hydrogen-bond donors (Lipinski definition) is 1. The minimum atomic E-state index is -0.289. The number of carbonyl (C=O) groups excluding carboxylic acids is 1. The highest BCUT2D eigenvalue weighted by Gasteiger charge is 2.13. The van der Waals surface area contributed by atoms with Crippen molar-refractivity contribution in [2.45, 2.75) is 13.5 Å². The van der Waals surface area contributed by atoms with Gasteiger partial charge < -0.3 is 5.32 Å². The number of halogens is 1. The highest BCUT2D eigenvalue weighted by Crippen LogP contribution is 2.28. The van der Waals surface area contributed by atoms with E-state index in [1.165, 1.54) is 0 Å². The Morgan fingerprint density at radius 1 is 1.03 bits per heavy atom. The first-order valence-electron chi connectivity index (χ1n) is 9.62. The molecule has 2 aromatic heterocycles. The molecule has 148 valence electrons. The van der Waals surface area contributed by atoms with Gasteiger partial charge in [-0.05, 0) is 48.4 Å². The van der Waals surface area contributed by atoms with E-state index in [0.29, 0.717) is 17.1 Å². The molecule has 1 N–H and O–H groups in total. The molecule has 0 radical (unpaired) electrons. The van der Waals surface area contributed by atoms with E-state index in [1.807, 2.05) is 79.7 Å². The minimum Gasteiger partial charge on any atom is -0.345 e. The van der Waals surface area contributed by atoms with Crippen molar-refractivity contribution in [3.8, 4) is 0 Å². The Bertz CT molecular complexity index is 1220. The molecule has 0 aliphatic rings. The van der Waals surface area contributed by atoms with Crippen LogP contribution in [0.15, 0.2) is 72.9 Å². The van der Waals surface area contributed by atoms with Gasteiger partial charge in [0.15, 0.2) is 0 Å². The molecule has 0 saturated carbocycles. The van der Waals surface area contributed by atoms with Crippen LogP contribution in [0.25, 0.3) is 23.1 Å². The quantitative estimate of drug-likeness (QED) is 0.427. The van der Waals surface area contributed by atoms with Gasteiger partial charge in [0.25, 0.3) is 5.91 Å². The van der Waals surface area contributed by atoms with Crippen molar-refractivity contribution < 1.29 is 4.79 Å². The van der Waals surface area contributed by atoms with Crippen molar-refractivity contribution in [3.63, 3.8) is 0 Å². The van der Waals surface area contributed by atoms with E-state index >= 15 is 0 Å². The number of amides is 1. The van der Waals surface area contributed by atoms with E-state index in [2.05, 4.69) is 15.3 Å². The Labute approximate surface area is 180 Å². The third-order valence-corrected chi connectivity index (χ3v) is 4.99. The summed E-state index contributed by atoms with van der Waals surface area (Å²) in [6.45, 7) is 2.34. The second-order valence-electron chi connectivity index (χ2n) is 6.99. The van der Waals surface area contributed by atoms with Gasteiger partial charge in [0.2, 0.25) is 0 Å². The first-order chi connectivity index (χ1) is 14.6. The summed E-state index contributed by atoms with van der Waals surface area (Å²) in [6, 6.07) is 21.3. The van der Waals surface area contributed by atoms with Gasteiger partial charge >= 0.3 is 0 Å². The zero-order valence-corrected chi connectivity index (χ0v) is 17.2. The van der Waals surface area contributed by atoms with E-state index in [9.17, 15) is 4.79 Å². The van der Waals surface area contributed by atoms with Gasteiger partial charge in [0.05, 0.1) is 22.8 Å². The summed E-state index contributed by atoms with van der Waals surface area (Å²) in [4.78, 5) is 21.5. The molecule has 2 heterocycles. The fourth-order valence-corrected chi connectivity index (χ4v) is 3.47. The highest BCUT2D eigenvalue weighted by atomic mass is 35.5. The summed E-state index contributed by atoms with van der Waals surface area (Å²) in [5, 5.41) is 4.18. The lowest BCUT2D eigenvalue weighted by Crippen LogP contribution is -2.24. The van der Waals surface area contributed by atoms with E-state index in [0.717, 1.165) is 27.8 Å². The van der Waals surface area contributed by atoms with Gasteiger partial charge in [0.1, 0.15) is 5.69 Å². The summed E-state index contributed by atoms with van der Waals surface area (Å²) >= 11 is 6.53. The Morgan fingerprint density at radius 3 is 2.60 bits per heavy atom. The van der Waals surface area contributed by atoms with Crippen LogP contribution >= 0.6 is 11.6 Å². The molecule has 0 atom stereocenters. The van der Waals surface area contributed by atoms with Gasteiger partial charge in [-0.1, -0.05) is 60.2 Å². The Balaban J connectivity index is 1.68. The van der Waals surface area contributed by atoms with Crippen molar-refractivity contribution in [1.29, 1.82) is 0 Å². The van der Waals surface area contributed by atoms with Crippen molar-refractivity contribution in [2.75, 3.05) is 0 Å². The van der Waals surface area contributed by atoms with Crippen LogP contribution in [-0.4, -0.2) is 15.9 Å². The zero-order valence-electron chi connectivity index (χ0n) is 16.5. The molecule has 0 unspecified atom stereocenters. The smallest absolute Gasteiger partial charge is 0.270 e. The van der Waals surface area contributed by atoms with Crippen LogP contribution in [-0.2, 0) is 6.54 Å². The number of carbonyl (C=O) groups is 1. The summed E-state index contributed by atoms with van der Waals surface area (Å²) in [7, 11) is 0. The lowest BCUT2D eigenvalue weighted by Gasteiger charge is -2.10. The largest absolute Gasteiger partial charge is 0.345 e. The lowest BCUT2D eigenvalue weighted by atomic mass is 10.0. The van der Waals surface area contributed by atoms with Gasteiger partial charge in [-0.2, -0.15) is 0 Å². The molecule has 0 bridgehead atoms. The summed E-state index contributed by atoms with van der Waals surface area (Å²) < 4.78 is 0. The van der Waals surface area contributed by atoms with Crippen molar-refractivity contribution in [3.05, 3.63) is 106 Å². The average molecular weight is 414 g/mol. The molecule has 0 saturated heterocycles. The van der Waals surface area contributed by atoms with E-state index in [4.69, 9.17) is 11.6 Å². The Hall–Kier alpha value is -3.50. The molecule has 2 aromatic carbocycles. The third kappa shape index (κ3) is 4.56. The lowest BCUT2D eigenvalue weighted by molar-refractivity contribution is 0.0946. The molecule has 1 amide bonds. The average Bonchev–Trinajstić information content (AvgIpc) is 2.77. The fraction of sp³-hybridized carbons (Fsp3) is 0.0800. The second kappa shape index (κ2) is 8.89. The Morgan fingerprint density at radius 2 is 1.83 bits per heavy atom. The number of benzene rings is 2. The number of hydrogen-bond acceptors (Lipinski definition) is 3. The molecule has 30 heavy (non-hydrogen) atoms. The van der Waals surface area contributed by atoms with Crippen molar-refractivity contribution in [1.82, 2.24) is 15.3 Å². The number of aryl methyl sites for hydroxylation is 1. The number of rotatable bonds is 5. The molecule has 0 aliphatic carbocycles. The summed E-state index contributed by atoms with van der Waals surface area (Å²) in [6.07, 6.45) is 5.72. The summed E-state index contributed by atoms with van der Waals surface area (Å²) in [5.74, 6) is -0.289. The van der Waals surface area contributed by atoms with Crippen LogP contribution in [0.4, 0.5) is 0 Å². The van der Waals surface area contributed by atoms with Crippen molar-refractivity contribution >= 4 is 40.6 Å². The number of nitrogens with zero attached hydrogens (tertiary/aromatic N) is 2. The predicted molar refractivity (Wildman–Crippen MR) is 122 cm³/mol. The van der Waals surface area contributed by atoms with E-state index in [-0.39, 0.29) is 11.6 Å². The minimum absolute atomic E-state index is 0.279. The number of aromatic nitrogens is 2. The van der Waals surface area contributed by atoms with Crippen LogP contribution < -0.4 is 5.32 Å². The molecule has 4 aromatic rings. The molecular weight excluding hydrogens is 394 g/mol. The molecule has 0 aliphatic heterocycles. The molecule has 0 spiro atoms. The molecule has 4 nitrogen and oxygen atoms in total. The fourth-order valence-electron chi connectivity index (χ4n) is 3.22. The Kier molecular flexibility index (Phi) is 5.87. The normalized spacial score (nSPS) is 11.1. The predicted octanol–water partition coefficient (Wildman–Crippen LogP) is 5.69. The maximum absolute atomic E-state index is 12.7. The van der Waals surface area contributed by atoms with E-state index in [1.54, 1.807) is 12.3 Å². The standard InChI is InChI=1S/C25H20ClN3O/c1-17-13-19(11-10-18-7-3-2-4-8-18)24-21(14-17)22(26)15-23(29-24)25(30)28-16-20-9-5-6-12-27-20/h2-15H,16H2,1H3,(H,28,30)/b11-10+. The van der Waals surface area contributed by atoms with Gasteiger partial charge in [-0.3, -0.25) is 9.78 Å². The molecule has 4 rings (SSSR count). The van der Waals surface area contributed by atoms with Crippen LogP contribution in [0.1, 0.15) is 32.9 Å². The van der Waals surface area contributed by atoms with Crippen LogP contribution in [0, 0.1) is 6.92 Å². The zero-order chi connectivity index (χ0) is 20.9. The maximum Gasteiger partial charge on any atom is 0.270 e. The third-order valence-electron chi connectivity index (χ3n) is 4.68. The van der Waals surface area contributed by atoms with Crippen molar-refractivity contribution in [2.24, 2.45) is 0 Å². The number of pyridine rings is 2. The van der Waals surface area contributed by atoms with Gasteiger partial charge in [0, 0.05) is 17.1 Å². The van der Waals surface area contributed by atoms with Crippen LogP contribution in [0.3, 0.4) is 0 Å². The van der Waals surface area contributed by atoms with E-state index < -0.39 is 0 Å². The molecule has 0 fully saturated rings. The van der Waals surface area contributed by atoms with Gasteiger partial charge in [-0.25, -0.2) is 4.98 Å². The summed E-state index contributed by atoms with van der Waals surface area (Å²) in [5.41, 5.74) is 4.83. The topological polar surface area (TPSA) is 54.9 Å².